The molecule has 1 aromatic heterocycles. The fourth-order valence-electron chi connectivity index (χ4n) is 1.98. The second-order valence-electron chi connectivity index (χ2n) is 4.63. The summed E-state index contributed by atoms with van der Waals surface area (Å²) >= 11 is 0. The van der Waals surface area contributed by atoms with Crippen LogP contribution in [0.25, 0.3) is 0 Å². The van der Waals surface area contributed by atoms with E-state index in [0.29, 0.717) is 30.2 Å². The van der Waals surface area contributed by atoms with E-state index in [4.69, 9.17) is 10.3 Å². The van der Waals surface area contributed by atoms with Gasteiger partial charge in [-0.25, -0.2) is 13.1 Å². The maximum absolute atomic E-state index is 12.3. The molecular formula is C13H18N4O3S. The number of aromatic nitrogens is 2. The van der Waals surface area contributed by atoms with Gasteiger partial charge in [0.05, 0.1) is 4.90 Å². The van der Waals surface area contributed by atoms with Gasteiger partial charge in [0.2, 0.25) is 15.9 Å². The molecular weight excluding hydrogens is 292 g/mol. The molecule has 0 bridgehead atoms. The fourth-order valence-corrected chi connectivity index (χ4v) is 3.30. The summed E-state index contributed by atoms with van der Waals surface area (Å²) in [6.07, 6.45) is 0.343. The van der Waals surface area contributed by atoms with Crippen LogP contribution in [0.4, 0.5) is 0 Å². The van der Waals surface area contributed by atoms with Crippen LogP contribution in [0.5, 0.6) is 0 Å². The topological polar surface area (TPSA) is 111 Å². The van der Waals surface area contributed by atoms with Crippen molar-refractivity contribution in [2.75, 3.05) is 6.54 Å². The van der Waals surface area contributed by atoms with Gasteiger partial charge in [0.15, 0.2) is 5.82 Å². The highest BCUT2D eigenvalue weighted by molar-refractivity contribution is 7.89. The molecule has 8 heteroatoms. The van der Waals surface area contributed by atoms with Gasteiger partial charge in [-0.1, -0.05) is 17.3 Å². The molecule has 0 unspecified atom stereocenters. The van der Waals surface area contributed by atoms with Crippen LogP contribution in [0.2, 0.25) is 0 Å². The Morgan fingerprint density at radius 2 is 2.10 bits per heavy atom. The lowest BCUT2D eigenvalue weighted by Gasteiger charge is -2.11. The van der Waals surface area contributed by atoms with Crippen molar-refractivity contribution < 1.29 is 12.9 Å². The number of rotatable bonds is 6. The van der Waals surface area contributed by atoms with Gasteiger partial charge in [-0.3, -0.25) is 0 Å². The van der Waals surface area contributed by atoms with Gasteiger partial charge in [-0.15, -0.1) is 0 Å². The lowest BCUT2D eigenvalue weighted by Crippen LogP contribution is -2.27. The Balaban J connectivity index is 2.08. The number of nitrogens with two attached hydrogens (primary N) is 1. The predicted molar refractivity (Wildman–Crippen MR) is 77.0 cm³/mol. The molecule has 1 heterocycles. The van der Waals surface area contributed by atoms with Crippen LogP contribution in [-0.4, -0.2) is 25.1 Å². The number of sulfonamides is 1. The van der Waals surface area contributed by atoms with Gasteiger partial charge in [0.1, 0.15) is 0 Å². The Bertz CT molecular complexity index is 725. The van der Waals surface area contributed by atoms with Crippen molar-refractivity contribution in [2.45, 2.75) is 31.7 Å². The van der Waals surface area contributed by atoms with E-state index < -0.39 is 10.0 Å². The Morgan fingerprint density at radius 1 is 1.33 bits per heavy atom. The van der Waals surface area contributed by atoms with Crippen LogP contribution in [0, 0.1) is 13.8 Å². The Labute approximate surface area is 123 Å². The van der Waals surface area contributed by atoms with Gasteiger partial charge < -0.3 is 10.3 Å². The minimum absolute atomic E-state index is 0.191. The summed E-state index contributed by atoms with van der Waals surface area (Å²) < 4.78 is 32.1. The van der Waals surface area contributed by atoms with Crippen molar-refractivity contribution in [1.82, 2.24) is 14.9 Å². The largest absolute Gasteiger partial charge is 0.339 e. The van der Waals surface area contributed by atoms with E-state index in [1.807, 2.05) is 6.07 Å². The van der Waals surface area contributed by atoms with E-state index in [2.05, 4.69) is 14.9 Å². The summed E-state index contributed by atoms with van der Waals surface area (Å²) in [7, 11) is -3.58. The van der Waals surface area contributed by atoms with Crippen LogP contribution in [-0.2, 0) is 23.0 Å². The third-order valence-electron chi connectivity index (χ3n) is 3.11. The number of nitrogens with zero attached hydrogens (tertiary/aromatic N) is 2. The van der Waals surface area contributed by atoms with Gasteiger partial charge in [-0.05, 0) is 31.0 Å². The lowest BCUT2D eigenvalue weighted by atomic mass is 10.1. The Morgan fingerprint density at radius 3 is 2.71 bits per heavy atom. The molecule has 0 aliphatic carbocycles. The van der Waals surface area contributed by atoms with Crippen LogP contribution in [0.3, 0.4) is 0 Å². The van der Waals surface area contributed by atoms with Crippen LogP contribution in [0.15, 0.2) is 27.6 Å². The van der Waals surface area contributed by atoms with E-state index in [1.54, 1.807) is 26.0 Å². The molecule has 3 N–H and O–H groups in total. The van der Waals surface area contributed by atoms with Crippen molar-refractivity contribution in [3.63, 3.8) is 0 Å². The van der Waals surface area contributed by atoms with Crippen LogP contribution >= 0.6 is 0 Å². The minimum Gasteiger partial charge on any atom is -0.339 e. The van der Waals surface area contributed by atoms with E-state index in [9.17, 15) is 8.42 Å². The highest BCUT2D eigenvalue weighted by atomic mass is 32.2. The summed E-state index contributed by atoms with van der Waals surface area (Å²) in [5.74, 6) is 0.932. The predicted octanol–water partition coefficient (Wildman–Crippen LogP) is 0.666. The normalized spacial score (nSPS) is 11.8. The Hall–Kier alpha value is -1.77. The first-order valence-electron chi connectivity index (χ1n) is 6.51. The number of nitrogens with one attached hydrogen (secondary N) is 1. The molecule has 0 aliphatic rings. The molecule has 0 saturated heterocycles. The van der Waals surface area contributed by atoms with Gasteiger partial charge in [-0.2, -0.15) is 4.98 Å². The number of benzene rings is 1. The molecule has 0 amide bonds. The van der Waals surface area contributed by atoms with Crippen molar-refractivity contribution >= 4 is 10.0 Å². The molecule has 114 valence electrons. The molecule has 2 aromatic rings. The first-order chi connectivity index (χ1) is 9.94. The van der Waals surface area contributed by atoms with Crippen molar-refractivity contribution in [3.05, 3.63) is 41.0 Å². The minimum atomic E-state index is -3.58. The molecule has 21 heavy (non-hydrogen) atoms. The maximum Gasteiger partial charge on any atom is 0.240 e. The SMILES string of the molecule is Cc1noc(CCNS(=O)(=O)c2cccc(CN)c2C)n1. The first kappa shape index (κ1) is 15.6. The van der Waals surface area contributed by atoms with Crippen molar-refractivity contribution in [1.29, 1.82) is 0 Å². The molecule has 0 radical (unpaired) electrons. The first-order valence-corrected chi connectivity index (χ1v) is 8.00. The highest BCUT2D eigenvalue weighted by Gasteiger charge is 2.18. The second kappa shape index (κ2) is 6.33. The Kier molecular flexibility index (Phi) is 4.71. The molecule has 7 nitrogen and oxygen atoms in total. The quantitative estimate of drug-likeness (QED) is 0.811. The molecule has 0 fully saturated rings. The zero-order valence-electron chi connectivity index (χ0n) is 12.0. The van der Waals surface area contributed by atoms with E-state index in [1.165, 1.54) is 0 Å². The molecule has 0 spiro atoms. The number of hydrogen-bond acceptors (Lipinski definition) is 6. The molecule has 2 rings (SSSR count). The average molecular weight is 310 g/mol. The number of hydrogen-bond donors (Lipinski definition) is 2. The third-order valence-corrected chi connectivity index (χ3v) is 4.71. The highest BCUT2D eigenvalue weighted by Crippen LogP contribution is 2.18. The molecule has 0 aliphatic heterocycles. The third kappa shape index (κ3) is 3.66. The van der Waals surface area contributed by atoms with Gasteiger partial charge >= 0.3 is 0 Å². The standard InChI is InChI=1S/C13H18N4O3S/c1-9-11(8-14)4-3-5-12(9)21(18,19)15-7-6-13-16-10(2)17-20-13/h3-5,15H,6-8,14H2,1-2H3. The van der Waals surface area contributed by atoms with E-state index in [0.717, 1.165) is 5.56 Å². The monoisotopic (exact) mass is 310 g/mol. The van der Waals surface area contributed by atoms with Gasteiger partial charge in [0, 0.05) is 19.5 Å². The van der Waals surface area contributed by atoms with Crippen LogP contribution in [0.1, 0.15) is 22.8 Å². The smallest absolute Gasteiger partial charge is 0.240 e. The summed E-state index contributed by atoms with van der Waals surface area (Å²) in [6.45, 7) is 3.95. The van der Waals surface area contributed by atoms with Crippen molar-refractivity contribution in [3.8, 4) is 0 Å². The second-order valence-corrected chi connectivity index (χ2v) is 6.36. The molecule has 0 atom stereocenters. The maximum atomic E-state index is 12.3. The lowest BCUT2D eigenvalue weighted by molar-refractivity contribution is 0.375. The number of aryl methyl sites for hydroxylation is 1. The van der Waals surface area contributed by atoms with Crippen LogP contribution < -0.4 is 10.5 Å². The molecule has 0 saturated carbocycles. The fraction of sp³-hybridized carbons (Fsp3) is 0.385. The molecule has 1 aromatic carbocycles. The average Bonchev–Trinajstić information content (AvgIpc) is 2.84. The summed E-state index contributed by atoms with van der Waals surface area (Å²) in [5.41, 5.74) is 7.08. The summed E-state index contributed by atoms with van der Waals surface area (Å²) in [5, 5.41) is 3.65. The van der Waals surface area contributed by atoms with E-state index in [-0.39, 0.29) is 11.4 Å². The summed E-state index contributed by atoms with van der Waals surface area (Å²) in [6, 6.07) is 5.06. The van der Waals surface area contributed by atoms with E-state index >= 15 is 0 Å². The zero-order chi connectivity index (χ0) is 15.5. The van der Waals surface area contributed by atoms with Crippen molar-refractivity contribution in [2.24, 2.45) is 5.73 Å². The van der Waals surface area contributed by atoms with Gasteiger partial charge in [0.25, 0.3) is 0 Å². The zero-order valence-corrected chi connectivity index (χ0v) is 12.8. The summed E-state index contributed by atoms with van der Waals surface area (Å²) in [4.78, 5) is 4.26.